The average molecular weight is 444 g/mol. The topological polar surface area (TPSA) is 107 Å². The van der Waals surface area contributed by atoms with E-state index >= 15 is 0 Å². The molecule has 1 atom stereocenters. The van der Waals surface area contributed by atoms with E-state index < -0.39 is 12.1 Å². The van der Waals surface area contributed by atoms with Crippen LogP contribution in [0.1, 0.15) is 23.1 Å². The third-order valence-corrected chi connectivity index (χ3v) is 4.25. The van der Waals surface area contributed by atoms with E-state index in [2.05, 4.69) is 10.1 Å². The molecule has 12 heteroatoms. The summed E-state index contributed by atoms with van der Waals surface area (Å²) in [6.45, 7) is 4.09. The fourth-order valence-corrected chi connectivity index (χ4v) is 2.89. The van der Waals surface area contributed by atoms with Gasteiger partial charge in [0, 0.05) is 25.5 Å². The van der Waals surface area contributed by atoms with Gasteiger partial charge in [0.25, 0.3) is 0 Å². The summed E-state index contributed by atoms with van der Waals surface area (Å²) in [5.41, 5.74) is 2.88. The fraction of sp³-hybridized carbons (Fsp3) is 0.474. The fourth-order valence-electron chi connectivity index (χ4n) is 2.89. The molecule has 1 amide bonds. The van der Waals surface area contributed by atoms with Gasteiger partial charge in [0.05, 0.1) is 37.2 Å². The van der Waals surface area contributed by atoms with Crippen LogP contribution in [0, 0.1) is 6.92 Å². The molecule has 1 aliphatic rings. The molecule has 0 spiro atoms. The molecule has 3 rings (SSSR count). The molecule has 0 bridgehead atoms. The molecule has 1 aliphatic heterocycles. The Morgan fingerprint density at radius 3 is 2.61 bits per heavy atom. The van der Waals surface area contributed by atoms with E-state index in [1.807, 2.05) is 35.9 Å². The standard InChI is InChI=1S/C17H22N4O3.C2HF3O2/c1-13-4-3-5-14(19-13)10-24-11-16-9-20(17(22)12-23-2)8-15-6-7-18-21(15)16;3-2(4,5)1(6)7/h3-7,16H,8-12H2,1-2H3;(H,6,7). The van der Waals surface area contributed by atoms with E-state index in [-0.39, 0.29) is 18.6 Å². The van der Waals surface area contributed by atoms with Gasteiger partial charge < -0.3 is 19.5 Å². The number of carboxylic acids is 1. The van der Waals surface area contributed by atoms with Crippen molar-refractivity contribution in [3.8, 4) is 0 Å². The number of pyridine rings is 1. The van der Waals surface area contributed by atoms with Crippen molar-refractivity contribution in [2.75, 3.05) is 26.9 Å². The minimum atomic E-state index is -5.08. The smallest absolute Gasteiger partial charge is 0.475 e. The number of aliphatic carboxylic acids is 1. The number of aryl methyl sites for hydroxylation is 1. The predicted molar refractivity (Wildman–Crippen MR) is 101 cm³/mol. The van der Waals surface area contributed by atoms with E-state index in [0.717, 1.165) is 17.1 Å². The molecule has 2 aromatic heterocycles. The molecule has 0 fully saturated rings. The maximum atomic E-state index is 12.1. The van der Waals surface area contributed by atoms with Gasteiger partial charge in [-0.15, -0.1) is 0 Å². The number of alkyl halides is 3. The van der Waals surface area contributed by atoms with Crippen molar-refractivity contribution in [1.29, 1.82) is 0 Å². The summed E-state index contributed by atoms with van der Waals surface area (Å²) >= 11 is 0. The monoisotopic (exact) mass is 444 g/mol. The highest BCUT2D eigenvalue weighted by Gasteiger charge is 2.38. The lowest BCUT2D eigenvalue weighted by molar-refractivity contribution is -0.192. The van der Waals surface area contributed by atoms with Gasteiger partial charge in [0.2, 0.25) is 5.91 Å². The van der Waals surface area contributed by atoms with Crippen molar-refractivity contribution in [3.05, 3.63) is 47.5 Å². The highest BCUT2D eigenvalue weighted by molar-refractivity contribution is 5.77. The molecule has 1 N–H and O–H groups in total. The second kappa shape index (κ2) is 10.9. The number of carboxylic acid groups (broad SMARTS) is 1. The second-order valence-electron chi connectivity index (χ2n) is 6.72. The Morgan fingerprint density at radius 1 is 1.29 bits per heavy atom. The zero-order valence-electron chi connectivity index (χ0n) is 17.0. The van der Waals surface area contributed by atoms with Gasteiger partial charge in [-0.3, -0.25) is 14.5 Å². The van der Waals surface area contributed by atoms with Crippen molar-refractivity contribution in [2.24, 2.45) is 0 Å². The Hall–Kier alpha value is -2.99. The molecule has 1 unspecified atom stereocenters. The number of methoxy groups -OCH3 is 1. The molecule has 0 saturated heterocycles. The SMILES string of the molecule is COCC(=O)N1Cc2ccnn2C(COCc2cccc(C)n2)C1.O=C(O)C(F)(F)F. The number of aromatic nitrogens is 3. The zero-order valence-corrected chi connectivity index (χ0v) is 17.0. The van der Waals surface area contributed by atoms with Crippen LogP contribution >= 0.6 is 0 Å². The van der Waals surface area contributed by atoms with E-state index in [0.29, 0.717) is 26.3 Å². The molecular weight excluding hydrogens is 421 g/mol. The maximum Gasteiger partial charge on any atom is 0.490 e. The first-order valence-electron chi connectivity index (χ1n) is 9.21. The Bertz CT molecular complexity index is 887. The van der Waals surface area contributed by atoms with Crippen molar-refractivity contribution in [2.45, 2.75) is 32.3 Å². The van der Waals surface area contributed by atoms with Crippen molar-refractivity contribution in [1.82, 2.24) is 19.7 Å². The summed E-state index contributed by atoms with van der Waals surface area (Å²) in [4.78, 5) is 27.2. The summed E-state index contributed by atoms with van der Waals surface area (Å²) in [5.74, 6) is -2.78. The van der Waals surface area contributed by atoms with E-state index in [9.17, 15) is 18.0 Å². The first kappa shape index (κ1) is 24.3. The summed E-state index contributed by atoms with van der Waals surface area (Å²) < 4.78 is 44.5. The first-order valence-corrected chi connectivity index (χ1v) is 9.21. The number of hydrogen-bond acceptors (Lipinski definition) is 6. The Morgan fingerprint density at radius 2 is 2.00 bits per heavy atom. The average Bonchev–Trinajstić information content (AvgIpc) is 3.17. The van der Waals surface area contributed by atoms with Crippen molar-refractivity contribution < 1.29 is 37.3 Å². The van der Waals surface area contributed by atoms with E-state index in [1.54, 1.807) is 11.1 Å². The van der Waals surface area contributed by atoms with Crippen LogP contribution in [-0.4, -0.2) is 69.7 Å². The number of fused-ring (bicyclic) bond motifs is 1. The summed E-state index contributed by atoms with van der Waals surface area (Å²) in [5, 5.41) is 11.5. The van der Waals surface area contributed by atoms with Crippen LogP contribution in [0.2, 0.25) is 0 Å². The lowest BCUT2D eigenvalue weighted by Crippen LogP contribution is -2.44. The molecule has 2 aromatic rings. The Balaban J connectivity index is 0.000000423. The van der Waals surface area contributed by atoms with Crippen LogP contribution in [0.5, 0.6) is 0 Å². The number of carbonyl (C=O) groups is 2. The maximum absolute atomic E-state index is 12.1. The molecule has 3 heterocycles. The van der Waals surface area contributed by atoms with E-state index in [4.69, 9.17) is 19.4 Å². The molecule has 0 saturated carbocycles. The van der Waals surface area contributed by atoms with Crippen LogP contribution < -0.4 is 0 Å². The molecule has 0 aromatic carbocycles. The van der Waals surface area contributed by atoms with Gasteiger partial charge in [0.15, 0.2) is 0 Å². The largest absolute Gasteiger partial charge is 0.490 e. The lowest BCUT2D eigenvalue weighted by atomic mass is 10.2. The van der Waals surface area contributed by atoms with Gasteiger partial charge in [-0.25, -0.2) is 4.79 Å². The Kier molecular flexibility index (Phi) is 8.51. The highest BCUT2D eigenvalue weighted by atomic mass is 19.4. The number of hydrogen-bond donors (Lipinski definition) is 1. The van der Waals surface area contributed by atoms with Crippen LogP contribution in [0.15, 0.2) is 30.5 Å². The summed E-state index contributed by atoms with van der Waals surface area (Å²) in [6.07, 6.45) is -3.32. The molecule has 9 nitrogen and oxygen atoms in total. The minimum absolute atomic E-state index is 0.00522. The van der Waals surface area contributed by atoms with Crippen molar-refractivity contribution in [3.63, 3.8) is 0 Å². The van der Waals surface area contributed by atoms with E-state index in [1.165, 1.54) is 7.11 Å². The van der Waals surface area contributed by atoms with Gasteiger partial charge in [0.1, 0.15) is 6.61 Å². The van der Waals surface area contributed by atoms with Crippen LogP contribution in [0.3, 0.4) is 0 Å². The number of halogens is 3. The lowest BCUT2D eigenvalue weighted by Gasteiger charge is -2.33. The third kappa shape index (κ3) is 7.33. The normalized spacial score (nSPS) is 15.6. The summed E-state index contributed by atoms with van der Waals surface area (Å²) in [7, 11) is 1.53. The number of carbonyl (C=O) groups excluding carboxylic acids is 1. The quantitative estimate of drug-likeness (QED) is 0.726. The van der Waals surface area contributed by atoms with Crippen molar-refractivity contribution >= 4 is 11.9 Å². The molecule has 170 valence electrons. The zero-order chi connectivity index (χ0) is 23.0. The third-order valence-electron chi connectivity index (χ3n) is 4.25. The molecule has 0 aliphatic carbocycles. The van der Waals surface area contributed by atoms with Gasteiger partial charge in [-0.2, -0.15) is 18.3 Å². The van der Waals surface area contributed by atoms with Gasteiger partial charge in [-0.05, 0) is 25.1 Å². The molecule has 0 radical (unpaired) electrons. The van der Waals surface area contributed by atoms with Crippen LogP contribution in [-0.2, 0) is 32.2 Å². The molecular formula is C19H23F3N4O5. The number of nitrogens with zero attached hydrogens (tertiary/aromatic N) is 4. The van der Waals surface area contributed by atoms with Gasteiger partial charge >= 0.3 is 12.1 Å². The van der Waals surface area contributed by atoms with Crippen LogP contribution in [0.25, 0.3) is 0 Å². The van der Waals surface area contributed by atoms with Crippen LogP contribution in [0.4, 0.5) is 13.2 Å². The summed E-state index contributed by atoms with van der Waals surface area (Å²) in [6, 6.07) is 7.80. The van der Waals surface area contributed by atoms with Gasteiger partial charge in [-0.1, -0.05) is 6.07 Å². The first-order chi connectivity index (χ1) is 14.6. The number of ether oxygens (including phenoxy) is 2. The highest BCUT2D eigenvalue weighted by Crippen LogP contribution is 2.21. The molecule has 31 heavy (non-hydrogen) atoms. The Labute approximate surface area is 176 Å². The minimum Gasteiger partial charge on any atom is -0.475 e. The number of rotatable bonds is 6. The number of amides is 1. The predicted octanol–water partition coefficient (Wildman–Crippen LogP) is 1.97. The second-order valence-corrected chi connectivity index (χ2v) is 6.72.